The molecule has 0 spiro atoms. The Kier molecular flexibility index (Phi) is 6.28. The molecule has 23 heavy (non-hydrogen) atoms. The Bertz CT molecular complexity index is 724. The zero-order valence-corrected chi connectivity index (χ0v) is 13.1. The van der Waals surface area contributed by atoms with Crippen molar-refractivity contribution in [2.75, 3.05) is 12.3 Å². The SMILES string of the molecule is Nc1cnc(Cl)c(C#CCCNC(=O)OCc2ccccc2)c1. The minimum absolute atomic E-state index is 0.239. The average molecular weight is 330 g/mol. The number of nitrogen functional groups attached to an aromatic ring is 1. The van der Waals surface area contributed by atoms with E-state index in [1.54, 1.807) is 6.07 Å². The smallest absolute Gasteiger partial charge is 0.407 e. The van der Waals surface area contributed by atoms with Crippen molar-refractivity contribution in [1.82, 2.24) is 10.3 Å². The Labute approximate surface area is 139 Å². The predicted molar refractivity (Wildman–Crippen MR) is 89.8 cm³/mol. The van der Waals surface area contributed by atoms with Crippen LogP contribution in [-0.2, 0) is 11.3 Å². The standard InChI is InChI=1S/C17H16ClN3O2/c18-16-14(10-15(19)11-21-16)8-4-5-9-20-17(22)23-12-13-6-2-1-3-7-13/h1-3,6-7,10-11H,5,9,12,19H2,(H,20,22). The van der Waals surface area contributed by atoms with Gasteiger partial charge in [-0.25, -0.2) is 9.78 Å². The number of carbonyl (C=O) groups is 1. The second-order valence-electron chi connectivity index (χ2n) is 4.65. The van der Waals surface area contributed by atoms with Gasteiger partial charge in [-0.2, -0.15) is 0 Å². The zero-order chi connectivity index (χ0) is 16.5. The highest BCUT2D eigenvalue weighted by Gasteiger charge is 2.01. The van der Waals surface area contributed by atoms with Crippen molar-refractivity contribution >= 4 is 23.4 Å². The summed E-state index contributed by atoms with van der Waals surface area (Å²) >= 11 is 5.90. The van der Waals surface area contributed by atoms with Crippen molar-refractivity contribution in [2.45, 2.75) is 13.0 Å². The minimum atomic E-state index is -0.473. The van der Waals surface area contributed by atoms with Crippen LogP contribution < -0.4 is 11.1 Å². The Morgan fingerprint density at radius 3 is 2.91 bits per heavy atom. The minimum Gasteiger partial charge on any atom is -0.445 e. The number of nitrogens with one attached hydrogen (secondary N) is 1. The van der Waals surface area contributed by atoms with Crippen molar-refractivity contribution in [3.63, 3.8) is 0 Å². The number of anilines is 1. The summed E-state index contributed by atoms with van der Waals surface area (Å²) in [5, 5.41) is 2.94. The highest BCUT2D eigenvalue weighted by atomic mass is 35.5. The van der Waals surface area contributed by atoms with E-state index >= 15 is 0 Å². The van der Waals surface area contributed by atoms with Crippen LogP contribution in [0.5, 0.6) is 0 Å². The maximum absolute atomic E-state index is 11.5. The van der Waals surface area contributed by atoms with E-state index in [0.717, 1.165) is 5.56 Å². The molecular weight excluding hydrogens is 314 g/mol. The van der Waals surface area contributed by atoms with Gasteiger partial charge in [0.15, 0.2) is 0 Å². The second-order valence-corrected chi connectivity index (χ2v) is 5.01. The maximum atomic E-state index is 11.5. The lowest BCUT2D eigenvalue weighted by molar-refractivity contribution is 0.140. The lowest BCUT2D eigenvalue weighted by atomic mass is 10.2. The molecule has 2 rings (SSSR count). The molecule has 1 aromatic carbocycles. The topological polar surface area (TPSA) is 77.2 Å². The fourth-order valence-corrected chi connectivity index (χ4v) is 1.86. The lowest BCUT2D eigenvalue weighted by Crippen LogP contribution is -2.24. The van der Waals surface area contributed by atoms with Gasteiger partial charge in [0.25, 0.3) is 0 Å². The highest BCUT2D eigenvalue weighted by Crippen LogP contribution is 2.13. The van der Waals surface area contributed by atoms with Crippen LogP contribution >= 0.6 is 11.6 Å². The molecule has 0 fully saturated rings. The average Bonchev–Trinajstić information content (AvgIpc) is 2.56. The monoisotopic (exact) mass is 329 g/mol. The Morgan fingerprint density at radius 2 is 2.13 bits per heavy atom. The van der Waals surface area contributed by atoms with Crippen LogP contribution in [0.3, 0.4) is 0 Å². The van der Waals surface area contributed by atoms with E-state index in [-0.39, 0.29) is 6.61 Å². The van der Waals surface area contributed by atoms with E-state index < -0.39 is 6.09 Å². The predicted octanol–water partition coefficient (Wildman–Crippen LogP) is 2.99. The molecule has 3 N–H and O–H groups in total. The molecule has 0 bridgehead atoms. The van der Waals surface area contributed by atoms with E-state index in [2.05, 4.69) is 22.1 Å². The summed E-state index contributed by atoms with van der Waals surface area (Å²) < 4.78 is 5.08. The normalized spacial score (nSPS) is 9.61. The van der Waals surface area contributed by atoms with Crippen molar-refractivity contribution < 1.29 is 9.53 Å². The van der Waals surface area contributed by atoms with Crippen molar-refractivity contribution in [3.05, 3.63) is 58.9 Å². The summed E-state index contributed by atoms with van der Waals surface area (Å²) in [7, 11) is 0. The van der Waals surface area contributed by atoms with Gasteiger partial charge in [0.05, 0.1) is 17.4 Å². The van der Waals surface area contributed by atoms with Crippen LogP contribution in [0.4, 0.5) is 10.5 Å². The molecule has 0 atom stereocenters. The van der Waals surface area contributed by atoms with Crippen molar-refractivity contribution in [1.29, 1.82) is 0 Å². The third-order valence-corrected chi connectivity index (χ3v) is 3.12. The van der Waals surface area contributed by atoms with Gasteiger partial charge in [0.1, 0.15) is 11.8 Å². The van der Waals surface area contributed by atoms with E-state index in [1.165, 1.54) is 6.20 Å². The number of rotatable bonds is 4. The molecule has 1 amide bonds. The molecule has 1 heterocycles. The molecule has 5 nitrogen and oxygen atoms in total. The number of hydrogen-bond donors (Lipinski definition) is 2. The van der Waals surface area contributed by atoms with E-state index in [9.17, 15) is 4.79 Å². The molecule has 0 radical (unpaired) electrons. The summed E-state index contributed by atoms with van der Waals surface area (Å²) in [6.07, 6.45) is 1.46. The molecule has 6 heteroatoms. The fourth-order valence-electron chi connectivity index (χ4n) is 1.71. The molecular formula is C17H16ClN3O2. The number of pyridine rings is 1. The molecule has 0 saturated carbocycles. The third kappa shape index (κ3) is 5.89. The number of nitrogens with zero attached hydrogens (tertiary/aromatic N) is 1. The Hall–Kier alpha value is -2.71. The van der Waals surface area contributed by atoms with Gasteiger partial charge in [-0.05, 0) is 11.6 Å². The van der Waals surface area contributed by atoms with Crippen LogP contribution in [0.25, 0.3) is 0 Å². The molecule has 0 aliphatic rings. The number of hydrogen-bond acceptors (Lipinski definition) is 4. The van der Waals surface area contributed by atoms with Gasteiger partial charge < -0.3 is 15.8 Å². The van der Waals surface area contributed by atoms with Gasteiger partial charge in [-0.1, -0.05) is 53.8 Å². The van der Waals surface area contributed by atoms with Crippen LogP contribution in [0.2, 0.25) is 5.15 Å². The number of amides is 1. The second kappa shape index (κ2) is 8.66. The largest absolute Gasteiger partial charge is 0.445 e. The van der Waals surface area contributed by atoms with Crippen LogP contribution in [0.1, 0.15) is 17.5 Å². The molecule has 118 valence electrons. The van der Waals surface area contributed by atoms with Crippen molar-refractivity contribution in [3.8, 4) is 11.8 Å². The first-order valence-electron chi connectivity index (χ1n) is 6.99. The van der Waals surface area contributed by atoms with Gasteiger partial charge in [-0.15, -0.1) is 0 Å². The van der Waals surface area contributed by atoms with Gasteiger partial charge in [-0.3, -0.25) is 0 Å². The molecule has 0 aliphatic heterocycles. The van der Waals surface area contributed by atoms with Crippen LogP contribution in [0.15, 0.2) is 42.6 Å². The zero-order valence-electron chi connectivity index (χ0n) is 12.4. The van der Waals surface area contributed by atoms with Crippen LogP contribution in [0, 0.1) is 11.8 Å². The number of aromatic nitrogens is 1. The summed E-state index contributed by atoms with van der Waals surface area (Å²) in [5.41, 5.74) is 7.62. The van der Waals surface area contributed by atoms with Crippen LogP contribution in [-0.4, -0.2) is 17.6 Å². The first-order chi connectivity index (χ1) is 11.1. The molecule has 1 aromatic heterocycles. The fraction of sp³-hybridized carbons (Fsp3) is 0.176. The van der Waals surface area contributed by atoms with E-state index in [4.69, 9.17) is 22.1 Å². The molecule has 0 unspecified atom stereocenters. The highest BCUT2D eigenvalue weighted by molar-refractivity contribution is 6.30. The lowest BCUT2D eigenvalue weighted by Gasteiger charge is -2.05. The quantitative estimate of drug-likeness (QED) is 0.513. The van der Waals surface area contributed by atoms with Gasteiger partial charge in [0.2, 0.25) is 0 Å². The first kappa shape index (κ1) is 16.7. The summed E-state index contributed by atoms with van der Waals surface area (Å²) in [6, 6.07) is 11.1. The number of alkyl carbamates (subject to hydrolysis) is 1. The third-order valence-electron chi connectivity index (χ3n) is 2.82. The molecule has 0 aliphatic carbocycles. The van der Waals surface area contributed by atoms with Crippen molar-refractivity contribution in [2.24, 2.45) is 0 Å². The molecule has 0 saturated heterocycles. The Balaban J connectivity index is 1.70. The summed E-state index contributed by atoms with van der Waals surface area (Å²) in [6.45, 7) is 0.622. The van der Waals surface area contributed by atoms with E-state index in [1.807, 2.05) is 30.3 Å². The number of halogens is 1. The number of benzene rings is 1. The van der Waals surface area contributed by atoms with Gasteiger partial charge >= 0.3 is 6.09 Å². The summed E-state index contributed by atoms with van der Waals surface area (Å²) in [4.78, 5) is 15.4. The number of nitrogens with two attached hydrogens (primary N) is 1. The van der Waals surface area contributed by atoms with Gasteiger partial charge in [0, 0.05) is 13.0 Å². The van der Waals surface area contributed by atoms with E-state index in [0.29, 0.717) is 29.4 Å². The number of ether oxygens (including phenoxy) is 1. The number of carbonyl (C=O) groups excluding carboxylic acids is 1. The first-order valence-corrected chi connectivity index (χ1v) is 7.37. The molecule has 2 aromatic rings. The Morgan fingerprint density at radius 1 is 1.35 bits per heavy atom. The maximum Gasteiger partial charge on any atom is 0.407 e. The summed E-state index contributed by atoms with van der Waals surface area (Å²) in [5.74, 6) is 5.77.